The molecule has 1 aliphatic rings. The Labute approximate surface area is 98.6 Å². The van der Waals surface area contributed by atoms with E-state index in [-0.39, 0.29) is 10.6 Å². The fourth-order valence-electron chi connectivity index (χ4n) is 2.07. The number of hydrogen-bond donors (Lipinski definition) is 2. The highest BCUT2D eigenvalue weighted by Gasteiger charge is 2.21. The maximum atomic E-state index is 11.3. The molecule has 1 aromatic rings. The van der Waals surface area contributed by atoms with Crippen LogP contribution in [0.5, 0.6) is 0 Å². The Bertz CT molecular complexity index is 420. The van der Waals surface area contributed by atoms with Crippen molar-refractivity contribution in [3.05, 3.63) is 21.6 Å². The van der Waals surface area contributed by atoms with Gasteiger partial charge in [-0.2, -0.15) is 5.10 Å². The van der Waals surface area contributed by atoms with E-state index >= 15 is 0 Å². The fourth-order valence-corrected chi connectivity index (χ4v) is 2.28. The molecule has 0 aliphatic carbocycles. The fraction of sp³-hybridized carbons (Fsp3) is 0.600. The van der Waals surface area contributed by atoms with Crippen LogP contribution in [0, 0.1) is 5.92 Å². The second-order valence-electron chi connectivity index (χ2n) is 4.09. The second-order valence-corrected chi connectivity index (χ2v) is 4.47. The summed E-state index contributed by atoms with van der Waals surface area (Å²) < 4.78 is 0. The molecule has 2 rings (SSSR count). The van der Waals surface area contributed by atoms with Crippen LogP contribution in [0.2, 0.25) is 5.02 Å². The zero-order valence-electron chi connectivity index (χ0n) is 8.95. The molecule has 2 heterocycles. The van der Waals surface area contributed by atoms with Crippen LogP contribution >= 0.6 is 11.6 Å². The lowest BCUT2D eigenvalue weighted by atomic mass is 9.98. The van der Waals surface area contributed by atoms with Gasteiger partial charge in [-0.15, -0.1) is 0 Å². The van der Waals surface area contributed by atoms with Crippen molar-refractivity contribution >= 4 is 17.3 Å². The summed E-state index contributed by atoms with van der Waals surface area (Å²) in [7, 11) is 0. The smallest absolute Gasteiger partial charge is 0.285 e. The van der Waals surface area contributed by atoms with E-state index in [1.807, 2.05) is 0 Å². The first-order chi connectivity index (χ1) is 7.72. The number of halogens is 1. The highest BCUT2D eigenvalue weighted by atomic mass is 35.5. The summed E-state index contributed by atoms with van der Waals surface area (Å²) in [6, 6.07) is 0. The molecule has 0 bridgehead atoms. The summed E-state index contributed by atoms with van der Waals surface area (Å²) in [6.07, 6.45) is 3.81. The molecule has 1 aliphatic heterocycles. The average molecular weight is 243 g/mol. The number of nitrogens with one attached hydrogen (secondary N) is 1. The predicted molar refractivity (Wildman–Crippen MR) is 63.9 cm³/mol. The molecular formula is C10H15ClN4O. The van der Waals surface area contributed by atoms with E-state index in [1.165, 1.54) is 0 Å². The molecule has 1 aromatic heterocycles. The standard InChI is InChI=1S/C10H15ClN4O/c11-9-8(5-13-14-10(9)16)15-3-1-2-7(4-12)6-15/h5,7H,1-4,6,12H2,(H,14,16)/t7-/m0/s1. The normalized spacial score (nSPS) is 21.1. The van der Waals surface area contributed by atoms with Crippen LogP contribution in [0.3, 0.4) is 0 Å². The Morgan fingerprint density at radius 3 is 3.25 bits per heavy atom. The van der Waals surface area contributed by atoms with Gasteiger partial charge in [0.15, 0.2) is 0 Å². The van der Waals surface area contributed by atoms with Crippen LogP contribution in [0.1, 0.15) is 12.8 Å². The second kappa shape index (κ2) is 4.84. The van der Waals surface area contributed by atoms with E-state index in [0.29, 0.717) is 18.2 Å². The molecule has 1 fully saturated rings. The number of piperidine rings is 1. The lowest BCUT2D eigenvalue weighted by Crippen LogP contribution is -2.39. The summed E-state index contributed by atoms with van der Waals surface area (Å²) >= 11 is 5.96. The van der Waals surface area contributed by atoms with E-state index < -0.39 is 0 Å². The van der Waals surface area contributed by atoms with Gasteiger partial charge in [-0.05, 0) is 25.3 Å². The molecule has 0 saturated carbocycles. The van der Waals surface area contributed by atoms with Crippen LogP contribution in [0.4, 0.5) is 5.69 Å². The molecule has 0 spiro atoms. The van der Waals surface area contributed by atoms with Gasteiger partial charge in [0.05, 0.1) is 11.9 Å². The highest BCUT2D eigenvalue weighted by molar-refractivity contribution is 6.32. The maximum absolute atomic E-state index is 11.3. The van der Waals surface area contributed by atoms with Crippen molar-refractivity contribution in [2.24, 2.45) is 11.7 Å². The number of nitrogens with zero attached hydrogens (tertiary/aromatic N) is 2. The van der Waals surface area contributed by atoms with Gasteiger partial charge in [0.2, 0.25) is 0 Å². The Balaban J connectivity index is 2.23. The van der Waals surface area contributed by atoms with Crippen molar-refractivity contribution in [2.45, 2.75) is 12.8 Å². The molecule has 6 heteroatoms. The lowest BCUT2D eigenvalue weighted by Gasteiger charge is -2.33. The molecule has 1 saturated heterocycles. The number of rotatable bonds is 2. The van der Waals surface area contributed by atoms with Gasteiger partial charge in [0.25, 0.3) is 5.56 Å². The third-order valence-corrected chi connectivity index (χ3v) is 3.34. The highest BCUT2D eigenvalue weighted by Crippen LogP contribution is 2.25. The quantitative estimate of drug-likeness (QED) is 0.797. The van der Waals surface area contributed by atoms with E-state index in [2.05, 4.69) is 15.1 Å². The Morgan fingerprint density at radius 1 is 1.69 bits per heavy atom. The zero-order chi connectivity index (χ0) is 11.5. The Kier molecular flexibility index (Phi) is 3.46. The molecule has 0 unspecified atom stereocenters. The third-order valence-electron chi connectivity index (χ3n) is 2.97. The van der Waals surface area contributed by atoms with Crippen molar-refractivity contribution in [2.75, 3.05) is 24.5 Å². The molecule has 16 heavy (non-hydrogen) atoms. The van der Waals surface area contributed by atoms with Crippen molar-refractivity contribution in [1.82, 2.24) is 10.2 Å². The van der Waals surface area contributed by atoms with Gasteiger partial charge < -0.3 is 10.6 Å². The minimum atomic E-state index is -0.339. The number of aromatic nitrogens is 2. The van der Waals surface area contributed by atoms with E-state index in [0.717, 1.165) is 25.9 Å². The maximum Gasteiger partial charge on any atom is 0.285 e. The van der Waals surface area contributed by atoms with Crippen molar-refractivity contribution in [3.63, 3.8) is 0 Å². The van der Waals surface area contributed by atoms with Gasteiger partial charge in [-0.3, -0.25) is 4.79 Å². The third kappa shape index (κ3) is 2.20. The van der Waals surface area contributed by atoms with Crippen LogP contribution in [-0.2, 0) is 0 Å². The molecular weight excluding hydrogens is 228 g/mol. The first-order valence-electron chi connectivity index (χ1n) is 5.40. The van der Waals surface area contributed by atoms with Crippen LogP contribution in [0.15, 0.2) is 11.0 Å². The van der Waals surface area contributed by atoms with E-state index in [9.17, 15) is 4.79 Å². The molecule has 3 N–H and O–H groups in total. The Hall–Kier alpha value is -1.07. The predicted octanol–water partition coefficient (Wildman–Crippen LogP) is 0.598. The minimum absolute atomic E-state index is 0.215. The molecule has 0 aromatic carbocycles. The van der Waals surface area contributed by atoms with E-state index in [1.54, 1.807) is 6.20 Å². The summed E-state index contributed by atoms with van der Waals surface area (Å²) in [5.41, 5.74) is 6.04. The number of nitrogens with two attached hydrogens (primary N) is 1. The summed E-state index contributed by atoms with van der Waals surface area (Å²) in [5, 5.41) is 6.31. The van der Waals surface area contributed by atoms with E-state index in [4.69, 9.17) is 17.3 Å². The minimum Gasteiger partial charge on any atom is -0.369 e. The van der Waals surface area contributed by atoms with Gasteiger partial charge in [0.1, 0.15) is 5.02 Å². The number of aromatic amines is 1. The van der Waals surface area contributed by atoms with Crippen LogP contribution in [-0.4, -0.2) is 29.8 Å². The molecule has 0 radical (unpaired) electrons. The monoisotopic (exact) mass is 242 g/mol. The first kappa shape index (κ1) is 11.4. The Morgan fingerprint density at radius 2 is 2.50 bits per heavy atom. The zero-order valence-corrected chi connectivity index (χ0v) is 9.70. The van der Waals surface area contributed by atoms with Crippen LogP contribution < -0.4 is 16.2 Å². The van der Waals surface area contributed by atoms with Gasteiger partial charge in [-0.25, -0.2) is 5.10 Å². The number of hydrogen-bond acceptors (Lipinski definition) is 4. The summed E-state index contributed by atoms with van der Waals surface area (Å²) in [4.78, 5) is 13.4. The number of H-pyrrole nitrogens is 1. The summed E-state index contributed by atoms with van der Waals surface area (Å²) in [5.74, 6) is 0.476. The van der Waals surface area contributed by atoms with Crippen LogP contribution in [0.25, 0.3) is 0 Å². The molecule has 5 nitrogen and oxygen atoms in total. The SMILES string of the molecule is NC[C@@H]1CCCN(c2cn[nH]c(=O)c2Cl)C1. The molecule has 1 atom stereocenters. The first-order valence-corrected chi connectivity index (χ1v) is 5.78. The van der Waals surface area contributed by atoms with Crippen molar-refractivity contribution in [3.8, 4) is 0 Å². The van der Waals surface area contributed by atoms with Gasteiger partial charge in [-0.1, -0.05) is 11.6 Å². The average Bonchev–Trinajstić information content (AvgIpc) is 2.33. The van der Waals surface area contributed by atoms with Crippen molar-refractivity contribution in [1.29, 1.82) is 0 Å². The molecule has 0 amide bonds. The number of anilines is 1. The largest absolute Gasteiger partial charge is 0.369 e. The topological polar surface area (TPSA) is 75.0 Å². The van der Waals surface area contributed by atoms with Gasteiger partial charge in [0, 0.05) is 13.1 Å². The van der Waals surface area contributed by atoms with Crippen molar-refractivity contribution < 1.29 is 0 Å². The lowest BCUT2D eigenvalue weighted by molar-refractivity contribution is 0.423. The van der Waals surface area contributed by atoms with Gasteiger partial charge >= 0.3 is 0 Å². The molecule has 88 valence electrons. The summed E-state index contributed by atoms with van der Waals surface area (Å²) in [6.45, 7) is 2.42.